The molecule has 142 valence electrons. The molecule has 0 aliphatic rings. The Morgan fingerprint density at radius 3 is 2.31 bits per heavy atom. The molecule has 0 bridgehead atoms. The van der Waals surface area contributed by atoms with Crippen molar-refractivity contribution in [3.63, 3.8) is 0 Å². The number of hydrogen-bond acceptors (Lipinski definition) is 8. The van der Waals surface area contributed by atoms with Crippen molar-refractivity contribution in [3.8, 4) is 0 Å². The number of hydrogen-bond donors (Lipinski definition) is 3. The summed E-state index contributed by atoms with van der Waals surface area (Å²) in [5, 5.41) is 13.2. The largest absolute Gasteiger partial charge is 0.396 e. The molecule has 2 aromatic heterocycles. The van der Waals surface area contributed by atoms with Crippen molar-refractivity contribution >= 4 is 23.0 Å². The molecule has 0 aliphatic heterocycles. The minimum absolute atomic E-state index is 0.0511. The van der Waals surface area contributed by atoms with Gasteiger partial charge in [0.1, 0.15) is 0 Å². The highest BCUT2D eigenvalue weighted by atomic mass is 35.7. The number of thiophene rings is 1. The summed E-state index contributed by atoms with van der Waals surface area (Å²) in [5.74, 6) is -0.129. The van der Waals surface area contributed by atoms with Crippen LogP contribution in [0, 0.1) is 10.2 Å². The summed E-state index contributed by atoms with van der Waals surface area (Å²) in [5.41, 5.74) is 0.535. The molecule has 0 atom stereocenters. The lowest BCUT2D eigenvalue weighted by atomic mass is 10.2. The smallest absolute Gasteiger partial charge is 0.251 e. The number of Topliss-reactive ketones (excluding diaryl/α,β-unsaturated/α-hetero) is 1. The molecular formula is C15H18ClN2O7S+. The summed E-state index contributed by atoms with van der Waals surface area (Å²) >= 11 is 1.42. The quantitative estimate of drug-likeness (QED) is 0.250. The van der Waals surface area contributed by atoms with Crippen LogP contribution in [-0.4, -0.2) is 34.6 Å². The Balaban J connectivity index is 0.000000597. The number of amides is 1. The highest BCUT2D eigenvalue weighted by Crippen LogP contribution is 2.09. The van der Waals surface area contributed by atoms with Crippen LogP contribution >= 0.6 is 11.3 Å². The first-order valence-electron chi connectivity index (χ1n) is 7.29. The first-order chi connectivity index (χ1) is 12.2. The maximum absolute atomic E-state index is 12.0. The van der Waals surface area contributed by atoms with E-state index in [9.17, 15) is 9.59 Å². The Morgan fingerprint density at radius 1 is 1.19 bits per heavy atom. The second-order valence-electron chi connectivity index (χ2n) is 4.89. The van der Waals surface area contributed by atoms with Crippen LogP contribution in [0.2, 0.25) is 0 Å². The normalized spacial score (nSPS) is 10.7. The summed E-state index contributed by atoms with van der Waals surface area (Å²) in [4.78, 5) is 24.5. The van der Waals surface area contributed by atoms with Gasteiger partial charge in [-0.25, -0.2) is 0 Å². The average Bonchev–Trinajstić information content (AvgIpc) is 3.09. The van der Waals surface area contributed by atoms with E-state index in [-0.39, 0.29) is 24.8 Å². The summed E-state index contributed by atoms with van der Waals surface area (Å²) < 4.78 is 34.5. The summed E-state index contributed by atoms with van der Waals surface area (Å²) in [7, 11) is -4.69. The van der Waals surface area contributed by atoms with Crippen molar-refractivity contribution < 1.29 is 48.1 Å². The van der Waals surface area contributed by atoms with Gasteiger partial charge in [-0.15, -0.1) is 11.3 Å². The number of halogens is 1. The van der Waals surface area contributed by atoms with E-state index < -0.39 is 10.2 Å². The minimum Gasteiger partial charge on any atom is -0.396 e. The van der Waals surface area contributed by atoms with Gasteiger partial charge in [0, 0.05) is 25.3 Å². The van der Waals surface area contributed by atoms with Crippen LogP contribution in [0.4, 0.5) is 0 Å². The van der Waals surface area contributed by atoms with Gasteiger partial charge in [0.15, 0.2) is 12.4 Å². The van der Waals surface area contributed by atoms with Gasteiger partial charge < -0.3 is 10.4 Å². The second kappa shape index (κ2) is 10.9. The Hall–Kier alpha value is -1.92. The highest BCUT2D eigenvalue weighted by molar-refractivity contribution is 7.12. The topological polar surface area (TPSA) is 160 Å². The molecule has 3 N–H and O–H groups in total. The van der Waals surface area contributed by atoms with Crippen LogP contribution < -0.4 is 23.9 Å². The van der Waals surface area contributed by atoms with E-state index in [4.69, 9.17) is 23.7 Å². The first-order valence-corrected chi connectivity index (χ1v) is 9.43. The fourth-order valence-electron chi connectivity index (χ4n) is 1.78. The standard InChI is InChI=1S/C15H16N2O3S.ClHO4/c18-9-2-6-16-15(20)12-4-7-17(8-5-12)11-13(19)14-3-1-10-21-14;2-1(3,4)5/h1,3-5,7-8,10,18H,2,6,9,11H2;(H,2,3,4,5)/p+1. The van der Waals surface area contributed by atoms with Gasteiger partial charge in [0.05, 0.1) is 25.3 Å². The molecule has 0 aliphatic carbocycles. The number of carbonyl (C=O) groups is 2. The lowest BCUT2D eigenvalue weighted by Gasteiger charge is -2.03. The first kappa shape index (κ1) is 22.1. The van der Waals surface area contributed by atoms with Crippen molar-refractivity contribution in [1.82, 2.24) is 5.32 Å². The monoisotopic (exact) mass is 405 g/mol. The molecule has 0 fully saturated rings. The highest BCUT2D eigenvalue weighted by Gasteiger charge is 2.14. The van der Waals surface area contributed by atoms with E-state index in [1.165, 1.54) is 11.3 Å². The molecule has 0 spiro atoms. The summed E-state index contributed by atoms with van der Waals surface area (Å²) in [6.07, 6.45) is 3.97. The molecule has 2 rings (SSSR count). The fraction of sp³-hybridized carbons (Fsp3) is 0.267. The van der Waals surface area contributed by atoms with Gasteiger partial charge in [0.25, 0.3) is 5.91 Å². The van der Waals surface area contributed by atoms with E-state index in [1.54, 1.807) is 35.2 Å². The number of aliphatic hydroxyl groups is 1. The van der Waals surface area contributed by atoms with E-state index in [1.807, 2.05) is 11.4 Å². The molecular weight excluding hydrogens is 388 g/mol. The number of nitrogens with one attached hydrogen (secondary N) is 1. The molecule has 0 radical (unpaired) electrons. The molecule has 1 amide bonds. The molecule has 0 aromatic carbocycles. The van der Waals surface area contributed by atoms with Gasteiger partial charge in [-0.3, -0.25) is 9.59 Å². The Morgan fingerprint density at radius 2 is 1.81 bits per heavy atom. The van der Waals surface area contributed by atoms with Crippen LogP contribution in [0.1, 0.15) is 26.5 Å². The van der Waals surface area contributed by atoms with Gasteiger partial charge in [-0.1, -0.05) is 6.07 Å². The fourth-order valence-corrected chi connectivity index (χ4v) is 2.43. The average molecular weight is 406 g/mol. The van der Waals surface area contributed by atoms with E-state index in [0.29, 0.717) is 18.5 Å². The number of carbonyl (C=O) groups excluding carboxylic acids is 2. The maximum Gasteiger partial charge on any atom is 0.251 e. The van der Waals surface area contributed by atoms with Gasteiger partial charge in [-0.2, -0.15) is 18.5 Å². The minimum atomic E-state index is -4.69. The second-order valence-corrected chi connectivity index (χ2v) is 6.63. The van der Waals surface area contributed by atoms with Crippen molar-refractivity contribution in [1.29, 1.82) is 0 Å². The van der Waals surface area contributed by atoms with Crippen LogP contribution in [0.5, 0.6) is 0 Å². The zero-order valence-corrected chi connectivity index (χ0v) is 15.1. The third kappa shape index (κ3) is 9.53. The lowest BCUT2D eigenvalue weighted by molar-refractivity contribution is -1.92. The lowest BCUT2D eigenvalue weighted by Crippen LogP contribution is -2.58. The van der Waals surface area contributed by atoms with Gasteiger partial charge in [-0.05, 0) is 17.9 Å². The Labute approximate surface area is 155 Å². The Kier molecular flexibility index (Phi) is 9.30. The number of pyridine rings is 1. The van der Waals surface area contributed by atoms with Gasteiger partial charge >= 0.3 is 0 Å². The predicted molar refractivity (Wildman–Crippen MR) is 81.5 cm³/mol. The zero-order valence-electron chi connectivity index (χ0n) is 13.5. The van der Waals surface area contributed by atoms with E-state index >= 15 is 0 Å². The number of aromatic nitrogens is 1. The van der Waals surface area contributed by atoms with Crippen LogP contribution in [0.25, 0.3) is 0 Å². The van der Waals surface area contributed by atoms with Gasteiger partial charge in [0.2, 0.25) is 12.3 Å². The van der Waals surface area contributed by atoms with E-state index in [2.05, 4.69) is 5.32 Å². The summed E-state index contributed by atoms with van der Waals surface area (Å²) in [6.45, 7) is 0.758. The Bertz CT molecular complexity index is 681. The van der Waals surface area contributed by atoms with Crippen LogP contribution in [-0.2, 0) is 6.54 Å². The maximum atomic E-state index is 12.0. The SMILES string of the molecule is O=C(NCCCO)c1cc[n+](CC(=O)c2cccs2)cc1.[O-][Cl+3]([O-])([O-])O. The van der Waals surface area contributed by atoms with Crippen molar-refractivity contribution in [2.75, 3.05) is 13.2 Å². The third-order valence-electron chi connectivity index (χ3n) is 2.90. The molecule has 11 heteroatoms. The van der Waals surface area contributed by atoms with Crippen LogP contribution in [0.3, 0.4) is 0 Å². The number of ketones is 1. The zero-order chi connectivity index (χ0) is 19.6. The third-order valence-corrected chi connectivity index (χ3v) is 3.81. The molecule has 0 saturated heterocycles. The molecule has 2 aromatic rings. The molecule has 0 saturated carbocycles. The van der Waals surface area contributed by atoms with E-state index in [0.717, 1.165) is 4.88 Å². The van der Waals surface area contributed by atoms with Crippen molar-refractivity contribution in [3.05, 3.63) is 52.5 Å². The number of nitrogens with zero attached hydrogens (tertiary/aromatic N) is 1. The number of rotatable bonds is 7. The van der Waals surface area contributed by atoms with Crippen molar-refractivity contribution in [2.24, 2.45) is 0 Å². The molecule has 9 nitrogen and oxygen atoms in total. The van der Waals surface area contributed by atoms with Crippen LogP contribution in [0.15, 0.2) is 42.0 Å². The molecule has 2 heterocycles. The number of aliphatic hydroxyl groups excluding tert-OH is 1. The summed E-state index contributed by atoms with van der Waals surface area (Å²) in [6, 6.07) is 7.00. The molecule has 26 heavy (non-hydrogen) atoms. The van der Waals surface area contributed by atoms with Crippen molar-refractivity contribution in [2.45, 2.75) is 13.0 Å². The predicted octanol–water partition coefficient (Wildman–Crippen LogP) is -3.09. The molecule has 0 unspecified atom stereocenters.